The molecule has 1 N–H and O–H groups in total. The van der Waals surface area contributed by atoms with Gasteiger partial charge in [0.05, 0.1) is 0 Å². The molecule has 0 aliphatic carbocycles. The predicted octanol–water partition coefficient (Wildman–Crippen LogP) is 0.779. The Bertz CT molecular complexity index is 212. The van der Waals surface area contributed by atoms with Crippen molar-refractivity contribution in [1.82, 2.24) is 0 Å². The maximum Gasteiger partial charge on any atom is 0.218 e. The van der Waals surface area contributed by atoms with E-state index in [1.54, 1.807) is 24.3 Å². The molecule has 1 aromatic carbocycles. The van der Waals surface area contributed by atoms with Crippen LogP contribution in [0.3, 0.4) is 0 Å². The minimum atomic E-state index is -2.46. The zero-order chi connectivity index (χ0) is 6.69. The smallest absolute Gasteiger partial charge is 0.218 e. The van der Waals surface area contributed by atoms with Gasteiger partial charge in [-0.3, -0.25) is 4.57 Å². The minimum Gasteiger partial charge on any atom is -0.343 e. The molecule has 0 spiro atoms. The molecular weight excluding hydrogens is 279 g/mol. The van der Waals surface area contributed by atoms with Crippen molar-refractivity contribution in [3.63, 3.8) is 0 Å². The van der Waals surface area contributed by atoms with Crippen LogP contribution in [0.25, 0.3) is 0 Å². The van der Waals surface area contributed by atoms with Gasteiger partial charge in [0.1, 0.15) is 0 Å². The summed E-state index contributed by atoms with van der Waals surface area (Å²) in [5, 5.41) is 0.516. The maximum atomic E-state index is 10.4. The summed E-state index contributed by atoms with van der Waals surface area (Å²) in [7, 11) is -2.46. The van der Waals surface area contributed by atoms with E-state index in [4.69, 9.17) is 4.89 Å². The van der Waals surface area contributed by atoms with Gasteiger partial charge in [-0.25, -0.2) is 0 Å². The van der Waals surface area contributed by atoms with E-state index in [0.717, 1.165) is 0 Å². The Morgan fingerprint density at radius 2 is 1.70 bits per heavy atom. The molecule has 0 aliphatic heterocycles. The third kappa shape index (κ3) is 3.24. The van der Waals surface area contributed by atoms with E-state index in [1.165, 1.54) is 0 Å². The van der Waals surface area contributed by atoms with Crippen molar-refractivity contribution in [2.24, 2.45) is 0 Å². The van der Waals surface area contributed by atoms with Crippen LogP contribution in [0.15, 0.2) is 30.3 Å². The molecule has 0 aromatic heterocycles. The standard InChI is InChI=1S/C6H7O2P.Nd/c7-9(8)6-4-2-1-3-5-6;/h1-5,9H,(H,7,8);. The van der Waals surface area contributed by atoms with Crippen LogP contribution >= 0.6 is 8.03 Å². The fraction of sp³-hybridized carbons (Fsp3) is 0. The van der Waals surface area contributed by atoms with Gasteiger partial charge in [0.25, 0.3) is 0 Å². The van der Waals surface area contributed by atoms with Crippen LogP contribution in [0.4, 0.5) is 0 Å². The Morgan fingerprint density at radius 3 is 2.00 bits per heavy atom. The van der Waals surface area contributed by atoms with E-state index in [2.05, 4.69) is 0 Å². The normalized spacial score (nSPS) is 11.7. The van der Waals surface area contributed by atoms with Crippen molar-refractivity contribution in [2.75, 3.05) is 0 Å². The molecule has 1 aromatic rings. The molecule has 0 aliphatic rings. The van der Waals surface area contributed by atoms with Gasteiger partial charge in [-0.05, 0) is 12.1 Å². The summed E-state index contributed by atoms with van der Waals surface area (Å²) in [5.41, 5.74) is 0. The Labute approximate surface area is 93.0 Å². The zero-order valence-corrected chi connectivity index (χ0v) is 9.45. The summed E-state index contributed by atoms with van der Waals surface area (Å²) < 4.78 is 10.4. The molecule has 0 saturated carbocycles. The van der Waals surface area contributed by atoms with Crippen molar-refractivity contribution in [3.05, 3.63) is 30.3 Å². The molecule has 4 heteroatoms. The number of rotatable bonds is 1. The summed E-state index contributed by atoms with van der Waals surface area (Å²) in [5.74, 6) is 0. The molecule has 2 nitrogen and oxygen atoms in total. The van der Waals surface area contributed by atoms with Gasteiger partial charge in [0.2, 0.25) is 8.03 Å². The van der Waals surface area contributed by atoms with Crippen LogP contribution in [-0.2, 0) is 4.57 Å². The second kappa shape index (κ2) is 5.42. The van der Waals surface area contributed by atoms with E-state index in [-0.39, 0.29) is 40.8 Å². The summed E-state index contributed by atoms with van der Waals surface area (Å²) >= 11 is 0. The molecule has 0 fully saturated rings. The molecule has 0 amide bonds. The van der Waals surface area contributed by atoms with Gasteiger partial charge in [0, 0.05) is 46.1 Å². The molecule has 1 unspecified atom stereocenters. The van der Waals surface area contributed by atoms with Gasteiger partial charge >= 0.3 is 0 Å². The molecule has 10 heavy (non-hydrogen) atoms. The topological polar surface area (TPSA) is 37.3 Å². The summed E-state index contributed by atoms with van der Waals surface area (Å²) in [6, 6.07) is 8.58. The van der Waals surface area contributed by atoms with Crippen LogP contribution in [-0.4, -0.2) is 4.89 Å². The third-order valence-corrected chi connectivity index (χ3v) is 1.85. The molecule has 0 heterocycles. The van der Waals surface area contributed by atoms with Gasteiger partial charge in [-0.1, -0.05) is 18.2 Å². The van der Waals surface area contributed by atoms with Gasteiger partial charge in [-0.15, -0.1) is 0 Å². The number of benzene rings is 1. The monoisotopic (exact) mass is 284 g/mol. The fourth-order valence-corrected chi connectivity index (χ4v) is 1.06. The Hall–Kier alpha value is 0.761. The average Bonchev–Trinajstić information content (AvgIpc) is 1.90. The van der Waals surface area contributed by atoms with E-state index in [9.17, 15) is 4.57 Å². The Balaban J connectivity index is 0.000000810. The Kier molecular flexibility index (Phi) is 5.83. The van der Waals surface area contributed by atoms with E-state index in [0.29, 0.717) is 5.30 Å². The summed E-state index contributed by atoms with van der Waals surface area (Å²) in [4.78, 5) is 8.57. The molecular formula is C6H7NdO2P. The van der Waals surface area contributed by atoms with Gasteiger partial charge < -0.3 is 4.89 Å². The fourth-order valence-electron chi connectivity index (χ4n) is 0.581. The van der Waals surface area contributed by atoms with Gasteiger partial charge in [0.15, 0.2) is 0 Å². The minimum absolute atomic E-state index is 0. The summed E-state index contributed by atoms with van der Waals surface area (Å²) in [6.45, 7) is 0. The van der Waals surface area contributed by atoms with E-state index < -0.39 is 8.03 Å². The van der Waals surface area contributed by atoms with Crippen LogP contribution in [0.2, 0.25) is 0 Å². The van der Waals surface area contributed by atoms with Crippen molar-refractivity contribution >= 4 is 13.3 Å². The molecule has 1 rings (SSSR count). The van der Waals surface area contributed by atoms with Crippen LogP contribution in [0.5, 0.6) is 0 Å². The second-order valence-corrected chi connectivity index (χ2v) is 2.86. The second-order valence-electron chi connectivity index (χ2n) is 1.67. The third-order valence-electron chi connectivity index (χ3n) is 1.02. The summed E-state index contributed by atoms with van der Waals surface area (Å²) in [6.07, 6.45) is 0. The number of hydrogen-bond acceptors (Lipinski definition) is 1. The van der Waals surface area contributed by atoms with E-state index in [1.807, 2.05) is 6.07 Å². The average molecular weight is 286 g/mol. The van der Waals surface area contributed by atoms with Crippen LogP contribution in [0, 0.1) is 40.8 Å². The first-order valence-electron chi connectivity index (χ1n) is 2.59. The largest absolute Gasteiger partial charge is 0.343 e. The van der Waals surface area contributed by atoms with Crippen molar-refractivity contribution < 1.29 is 50.3 Å². The molecule has 1 atom stereocenters. The molecule has 0 bridgehead atoms. The molecule has 52 valence electrons. The van der Waals surface area contributed by atoms with Crippen molar-refractivity contribution in [3.8, 4) is 0 Å². The van der Waals surface area contributed by atoms with E-state index >= 15 is 0 Å². The van der Waals surface area contributed by atoms with Crippen LogP contribution in [0.1, 0.15) is 0 Å². The van der Waals surface area contributed by atoms with Gasteiger partial charge in [-0.2, -0.15) is 0 Å². The molecule has 0 radical (unpaired) electrons. The quantitative estimate of drug-likeness (QED) is 0.775. The number of hydrogen-bond donors (Lipinski definition) is 1. The zero-order valence-electron chi connectivity index (χ0n) is 5.24. The molecule has 0 saturated heterocycles. The first-order valence-corrected chi connectivity index (χ1v) is 3.94. The Morgan fingerprint density at radius 1 is 1.20 bits per heavy atom. The predicted molar refractivity (Wildman–Crippen MR) is 37.3 cm³/mol. The maximum absolute atomic E-state index is 10.4. The SMILES string of the molecule is O=[PH](O)c1ccccc1.[Nd]. The first-order chi connectivity index (χ1) is 4.30. The van der Waals surface area contributed by atoms with Crippen LogP contribution < -0.4 is 5.30 Å². The van der Waals surface area contributed by atoms with Crippen molar-refractivity contribution in [2.45, 2.75) is 0 Å². The first kappa shape index (κ1) is 10.8. The van der Waals surface area contributed by atoms with Crippen molar-refractivity contribution in [1.29, 1.82) is 0 Å².